The van der Waals surface area contributed by atoms with Gasteiger partial charge < -0.3 is 15.0 Å². The van der Waals surface area contributed by atoms with E-state index in [2.05, 4.69) is 5.32 Å². The first-order valence-corrected chi connectivity index (χ1v) is 7.47. The van der Waals surface area contributed by atoms with Gasteiger partial charge in [0.15, 0.2) is 0 Å². The summed E-state index contributed by atoms with van der Waals surface area (Å²) in [5, 5.41) is 2.79. The average Bonchev–Trinajstić information content (AvgIpc) is 2.43. The van der Waals surface area contributed by atoms with E-state index < -0.39 is 0 Å². The van der Waals surface area contributed by atoms with Gasteiger partial charge in [-0.15, -0.1) is 0 Å². The van der Waals surface area contributed by atoms with Crippen molar-refractivity contribution in [3.63, 3.8) is 0 Å². The zero-order valence-corrected chi connectivity index (χ0v) is 14.1. The summed E-state index contributed by atoms with van der Waals surface area (Å²) < 4.78 is 5.20. The van der Waals surface area contributed by atoms with E-state index >= 15 is 0 Å². The van der Waals surface area contributed by atoms with Crippen molar-refractivity contribution in [3.8, 4) is 5.75 Å². The number of carbonyl (C=O) groups excluding carboxylic acids is 2. The molecule has 2 amide bonds. The molecule has 1 aromatic carbocycles. The molecule has 0 spiro atoms. The predicted octanol–water partition coefficient (Wildman–Crippen LogP) is 2.92. The number of amides is 2. The first kappa shape index (κ1) is 18.0. The topological polar surface area (TPSA) is 58.6 Å². The molecule has 0 fully saturated rings. The first-order valence-electron chi connectivity index (χ1n) is 7.47. The monoisotopic (exact) mass is 306 g/mol. The zero-order chi connectivity index (χ0) is 16.8. The van der Waals surface area contributed by atoms with E-state index in [1.165, 1.54) is 0 Å². The summed E-state index contributed by atoms with van der Waals surface area (Å²) in [6, 6.07) is 7.20. The molecule has 1 N–H and O–H groups in total. The molecule has 0 saturated carbocycles. The SMILES string of the molecule is CCN(CC(=O)Nc1ccccc1OC)C(=O)CC(C)(C)C. The van der Waals surface area contributed by atoms with Gasteiger partial charge in [0.05, 0.1) is 19.3 Å². The van der Waals surface area contributed by atoms with Gasteiger partial charge in [0.2, 0.25) is 11.8 Å². The lowest BCUT2D eigenvalue weighted by Crippen LogP contribution is -2.39. The molecule has 1 rings (SSSR count). The average molecular weight is 306 g/mol. The number of hydrogen-bond acceptors (Lipinski definition) is 3. The molecule has 0 bridgehead atoms. The van der Waals surface area contributed by atoms with E-state index in [1.807, 2.05) is 39.8 Å². The second-order valence-corrected chi connectivity index (χ2v) is 6.39. The molecule has 0 saturated heterocycles. The number of carbonyl (C=O) groups is 2. The van der Waals surface area contributed by atoms with Crippen molar-refractivity contribution in [2.45, 2.75) is 34.1 Å². The van der Waals surface area contributed by atoms with E-state index in [0.717, 1.165) is 0 Å². The molecule has 0 aromatic heterocycles. The van der Waals surface area contributed by atoms with Gasteiger partial charge in [-0.1, -0.05) is 32.9 Å². The highest BCUT2D eigenvalue weighted by molar-refractivity contribution is 5.95. The first-order chi connectivity index (χ1) is 10.3. The Morgan fingerprint density at radius 1 is 1.23 bits per heavy atom. The van der Waals surface area contributed by atoms with Crippen LogP contribution in [0.5, 0.6) is 5.75 Å². The molecule has 0 aliphatic rings. The minimum absolute atomic E-state index is 0.00910. The van der Waals surface area contributed by atoms with E-state index in [9.17, 15) is 9.59 Å². The molecule has 0 radical (unpaired) electrons. The molecule has 22 heavy (non-hydrogen) atoms. The molecule has 5 nitrogen and oxygen atoms in total. The number of nitrogens with one attached hydrogen (secondary N) is 1. The van der Waals surface area contributed by atoms with E-state index in [0.29, 0.717) is 24.4 Å². The van der Waals surface area contributed by atoms with Crippen LogP contribution in [0.25, 0.3) is 0 Å². The summed E-state index contributed by atoms with van der Waals surface area (Å²) >= 11 is 0. The largest absolute Gasteiger partial charge is 0.495 e. The van der Waals surface area contributed by atoms with Gasteiger partial charge in [0.25, 0.3) is 0 Å². The quantitative estimate of drug-likeness (QED) is 0.879. The molecule has 0 aliphatic carbocycles. The van der Waals surface area contributed by atoms with E-state index in [4.69, 9.17) is 4.74 Å². The lowest BCUT2D eigenvalue weighted by atomic mass is 9.91. The summed E-state index contributed by atoms with van der Waals surface area (Å²) in [6.07, 6.45) is 0.419. The van der Waals surface area contributed by atoms with Crippen molar-refractivity contribution in [2.75, 3.05) is 25.5 Å². The Hall–Kier alpha value is -2.04. The predicted molar refractivity (Wildman–Crippen MR) is 87.9 cm³/mol. The summed E-state index contributed by atoms with van der Waals surface area (Å²) in [5.74, 6) is 0.360. The third kappa shape index (κ3) is 5.76. The van der Waals surface area contributed by atoms with Crippen LogP contribution in [0.1, 0.15) is 34.1 Å². The number of likely N-dealkylation sites (N-methyl/N-ethyl adjacent to an activating group) is 1. The maximum absolute atomic E-state index is 12.2. The van der Waals surface area contributed by atoms with Crippen LogP contribution in [0.15, 0.2) is 24.3 Å². The zero-order valence-electron chi connectivity index (χ0n) is 14.1. The number of ether oxygens (including phenoxy) is 1. The van der Waals surface area contributed by atoms with Crippen LogP contribution >= 0.6 is 0 Å². The molecular weight excluding hydrogens is 280 g/mol. The van der Waals surface area contributed by atoms with E-state index in [-0.39, 0.29) is 23.8 Å². The molecule has 0 atom stereocenters. The fraction of sp³-hybridized carbons (Fsp3) is 0.529. The molecule has 122 valence electrons. The van der Waals surface area contributed by atoms with Gasteiger partial charge in [-0.3, -0.25) is 9.59 Å². The Balaban J connectivity index is 2.67. The second-order valence-electron chi connectivity index (χ2n) is 6.39. The molecule has 0 heterocycles. The summed E-state index contributed by atoms with van der Waals surface area (Å²) in [6.45, 7) is 8.45. The second kappa shape index (κ2) is 7.82. The highest BCUT2D eigenvalue weighted by Crippen LogP contribution is 2.23. The number of methoxy groups -OCH3 is 1. The number of para-hydroxylation sites is 2. The van der Waals surface area contributed by atoms with E-state index in [1.54, 1.807) is 24.1 Å². The fourth-order valence-electron chi connectivity index (χ4n) is 2.05. The summed E-state index contributed by atoms with van der Waals surface area (Å²) in [4.78, 5) is 25.9. The lowest BCUT2D eigenvalue weighted by molar-refractivity contribution is -0.136. The lowest BCUT2D eigenvalue weighted by Gasteiger charge is -2.25. The number of benzene rings is 1. The smallest absolute Gasteiger partial charge is 0.244 e. The number of rotatable bonds is 6. The molecule has 1 aromatic rings. The van der Waals surface area contributed by atoms with Crippen LogP contribution in [-0.4, -0.2) is 36.9 Å². The Bertz CT molecular complexity index is 521. The molecule has 0 unspecified atom stereocenters. The Labute approximate surface area is 132 Å². The number of anilines is 1. The van der Waals surface area contributed by atoms with Gasteiger partial charge in [-0.05, 0) is 24.5 Å². The van der Waals surface area contributed by atoms with Gasteiger partial charge in [0.1, 0.15) is 5.75 Å². The van der Waals surface area contributed by atoms with Crippen LogP contribution in [-0.2, 0) is 9.59 Å². The van der Waals surface area contributed by atoms with Crippen molar-refractivity contribution >= 4 is 17.5 Å². The van der Waals surface area contributed by atoms with Gasteiger partial charge in [-0.2, -0.15) is 0 Å². The third-order valence-corrected chi connectivity index (χ3v) is 3.13. The highest BCUT2D eigenvalue weighted by Gasteiger charge is 2.22. The van der Waals surface area contributed by atoms with Crippen LogP contribution in [0.2, 0.25) is 0 Å². The third-order valence-electron chi connectivity index (χ3n) is 3.13. The van der Waals surface area contributed by atoms with Gasteiger partial charge in [-0.25, -0.2) is 0 Å². The van der Waals surface area contributed by atoms with Crippen LogP contribution in [0.3, 0.4) is 0 Å². The van der Waals surface area contributed by atoms with Crippen LogP contribution in [0, 0.1) is 5.41 Å². The normalized spacial score (nSPS) is 11.0. The molecule has 0 aliphatic heterocycles. The van der Waals surface area contributed by atoms with Crippen molar-refractivity contribution in [3.05, 3.63) is 24.3 Å². The highest BCUT2D eigenvalue weighted by atomic mass is 16.5. The van der Waals surface area contributed by atoms with Crippen molar-refractivity contribution in [1.82, 2.24) is 4.90 Å². The van der Waals surface area contributed by atoms with Gasteiger partial charge >= 0.3 is 0 Å². The Morgan fingerprint density at radius 3 is 2.41 bits per heavy atom. The maximum Gasteiger partial charge on any atom is 0.244 e. The molecule has 5 heteroatoms. The summed E-state index contributed by atoms with van der Waals surface area (Å²) in [7, 11) is 1.55. The van der Waals surface area contributed by atoms with Crippen molar-refractivity contribution < 1.29 is 14.3 Å². The number of nitrogens with zero attached hydrogens (tertiary/aromatic N) is 1. The summed E-state index contributed by atoms with van der Waals surface area (Å²) in [5.41, 5.74) is 0.512. The number of hydrogen-bond donors (Lipinski definition) is 1. The Kier molecular flexibility index (Phi) is 6.40. The standard InChI is InChI=1S/C17H26N2O3/c1-6-19(16(21)11-17(2,3)4)12-15(20)18-13-9-7-8-10-14(13)22-5/h7-10H,6,11-12H2,1-5H3,(H,18,20). The van der Waals surface area contributed by atoms with Crippen molar-refractivity contribution in [2.24, 2.45) is 5.41 Å². The minimum Gasteiger partial charge on any atom is -0.495 e. The van der Waals surface area contributed by atoms with Gasteiger partial charge in [0, 0.05) is 13.0 Å². The molecular formula is C17H26N2O3. The minimum atomic E-state index is -0.228. The van der Waals surface area contributed by atoms with Crippen LogP contribution in [0.4, 0.5) is 5.69 Å². The Morgan fingerprint density at radius 2 is 1.86 bits per heavy atom. The van der Waals surface area contributed by atoms with Crippen LogP contribution < -0.4 is 10.1 Å². The fourth-order valence-corrected chi connectivity index (χ4v) is 2.05. The van der Waals surface area contributed by atoms with Crippen molar-refractivity contribution in [1.29, 1.82) is 0 Å². The maximum atomic E-state index is 12.2.